The molecule has 0 saturated carbocycles. The number of carbonyl (C=O) groups is 2. The summed E-state index contributed by atoms with van der Waals surface area (Å²) in [5.74, 6) is -1.00. The van der Waals surface area contributed by atoms with Gasteiger partial charge in [-0.2, -0.15) is 0 Å². The Morgan fingerprint density at radius 3 is 2.11 bits per heavy atom. The third-order valence-corrected chi connectivity index (χ3v) is 3.02. The molecule has 2 amide bonds. The van der Waals surface area contributed by atoms with Crippen LogP contribution < -0.4 is 0 Å². The third-order valence-electron chi connectivity index (χ3n) is 3.02. The number of hydrogen-bond donors (Lipinski definition) is 1. The number of rotatable bonds is 2. The average Bonchev–Trinajstić information content (AvgIpc) is 2.21. The molecule has 1 N–H and O–H groups in total. The van der Waals surface area contributed by atoms with E-state index in [0.29, 0.717) is 13.1 Å². The van der Waals surface area contributed by atoms with Gasteiger partial charge in [-0.05, 0) is 34.6 Å². The Morgan fingerprint density at radius 1 is 1.26 bits per heavy atom. The SMILES string of the molecule is C[C@@H]1CN(C(=O)N(CC(=O)O)C(C)(C)C)C[C@H](C)O1. The molecule has 0 unspecified atom stereocenters. The molecule has 0 spiro atoms. The van der Waals surface area contributed by atoms with Crippen LogP contribution in [0.2, 0.25) is 0 Å². The van der Waals surface area contributed by atoms with Gasteiger partial charge in [0, 0.05) is 18.6 Å². The first-order valence-electron chi connectivity index (χ1n) is 6.55. The minimum atomic E-state index is -1.00. The monoisotopic (exact) mass is 272 g/mol. The second-order valence-electron chi connectivity index (χ2n) is 6.10. The van der Waals surface area contributed by atoms with E-state index in [-0.39, 0.29) is 24.8 Å². The zero-order valence-electron chi connectivity index (χ0n) is 12.3. The van der Waals surface area contributed by atoms with Crippen molar-refractivity contribution in [2.75, 3.05) is 19.6 Å². The molecular weight excluding hydrogens is 248 g/mol. The molecular formula is C13H24N2O4. The molecule has 19 heavy (non-hydrogen) atoms. The number of morpholine rings is 1. The lowest BCUT2D eigenvalue weighted by molar-refractivity contribution is -0.139. The Bertz CT molecular complexity index is 341. The van der Waals surface area contributed by atoms with Crippen molar-refractivity contribution in [3.63, 3.8) is 0 Å². The van der Waals surface area contributed by atoms with Crippen LogP contribution in [0.4, 0.5) is 4.79 Å². The van der Waals surface area contributed by atoms with Gasteiger partial charge in [0.15, 0.2) is 0 Å². The van der Waals surface area contributed by atoms with Crippen LogP contribution in [0, 0.1) is 0 Å². The summed E-state index contributed by atoms with van der Waals surface area (Å²) in [6.07, 6.45) is -0.0568. The zero-order chi connectivity index (χ0) is 14.8. The third kappa shape index (κ3) is 4.38. The number of carboxylic acid groups (broad SMARTS) is 1. The van der Waals surface area contributed by atoms with Crippen LogP contribution in [-0.2, 0) is 9.53 Å². The highest BCUT2D eigenvalue weighted by atomic mass is 16.5. The molecule has 2 atom stereocenters. The van der Waals surface area contributed by atoms with Crippen molar-refractivity contribution in [1.82, 2.24) is 9.80 Å². The van der Waals surface area contributed by atoms with Gasteiger partial charge in [0.2, 0.25) is 0 Å². The van der Waals surface area contributed by atoms with E-state index in [9.17, 15) is 9.59 Å². The molecule has 1 rings (SSSR count). The lowest BCUT2D eigenvalue weighted by Gasteiger charge is -2.42. The Hall–Kier alpha value is -1.30. The normalized spacial score (nSPS) is 24.2. The number of amides is 2. The van der Waals surface area contributed by atoms with Crippen LogP contribution in [0.15, 0.2) is 0 Å². The van der Waals surface area contributed by atoms with Crippen molar-refractivity contribution in [2.45, 2.75) is 52.4 Å². The summed E-state index contributed by atoms with van der Waals surface area (Å²) < 4.78 is 5.58. The lowest BCUT2D eigenvalue weighted by Crippen LogP contribution is -2.58. The fourth-order valence-corrected chi connectivity index (χ4v) is 2.23. The second-order valence-corrected chi connectivity index (χ2v) is 6.10. The Morgan fingerprint density at radius 2 is 1.74 bits per heavy atom. The summed E-state index contributed by atoms with van der Waals surface area (Å²) in [6.45, 7) is 10.0. The number of hydrogen-bond acceptors (Lipinski definition) is 3. The number of carbonyl (C=O) groups excluding carboxylic acids is 1. The maximum Gasteiger partial charge on any atom is 0.323 e. The van der Waals surface area contributed by atoms with Crippen LogP contribution >= 0.6 is 0 Å². The second kappa shape index (κ2) is 5.77. The quantitative estimate of drug-likeness (QED) is 0.825. The molecule has 110 valence electrons. The number of ether oxygens (including phenoxy) is 1. The first-order valence-corrected chi connectivity index (χ1v) is 6.55. The molecule has 0 aromatic rings. The standard InChI is InChI=1S/C13H24N2O4/c1-9-6-14(7-10(2)19-9)12(18)15(8-11(16)17)13(3,4)5/h9-10H,6-8H2,1-5H3,(H,16,17)/t9-,10+. The highest BCUT2D eigenvalue weighted by Crippen LogP contribution is 2.19. The molecule has 0 aromatic carbocycles. The molecule has 0 bridgehead atoms. The average molecular weight is 272 g/mol. The summed E-state index contributed by atoms with van der Waals surface area (Å²) in [6, 6.07) is -0.239. The highest BCUT2D eigenvalue weighted by Gasteiger charge is 2.34. The van der Waals surface area contributed by atoms with Crippen LogP contribution in [0.1, 0.15) is 34.6 Å². The molecule has 0 aromatic heterocycles. The van der Waals surface area contributed by atoms with E-state index in [4.69, 9.17) is 9.84 Å². The number of aliphatic carboxylic acids is 1. The van der Waals surface area contributed by atoms with Crippen molar-refractivity contribution in [1.29, 1.82) is 0 Å². The van der Waals surface area contributed by atoms with Crippen molar-refractivity contribution < 1.29 is 19.4 Å². The molecule has 0 aliphatic carbocycles. The molecule has 1 saturated heterocycles. The molecule has 1 aliphatic rings. The van der Waals surface area contributed by atoms with Crippen LogP contribution in [0.5, 0.6) is 0 Å². The predicted octanol–water partition coefficient (Wildman–Crippen LogP) is 1.40. The van der Waals surface area contributed by atoms with Gasteiger partial charge >= 0.3 is 12.0 Å². The summed E-state index contributed by atoms with van der Waals surface area (Å²) in [5.41, 5.74) is -0.528. The van der Waals surface area contributed by atoms with Gasteiger partial charge in [-0.1, -0.05) is 0 Å². The largest absolute Gasteiger partial charge is 0.480 e. The Kier molecular flexibility index (Phi) is 4.79. The maximum atomic E-state index is 12.5. The summed E-state index contributed by atoms with van der Waals surface area (Å²) in [4.78, 5) is 26.5. The van der Waals surface area contributed by atoms with Crippen molar-refractivity contribution in [2.24, 2.45) is 0 Å². The van der Waals surface area contributed by atoms with Gasteiger partial charge in [-0.15, -0.1) is 0 Å². The van der Waals surface area contributed by atoms with E-state index in [1.165, 1.54) is 4.90 Å². The van der Waals surface area contributed by atoms with E-state index in [1.54, 1.807) is 4.90 Å². The number of urea groups is 1. The van der Waals surface area contributed by atoms with Crippen molar-refractivity contribution in [3.8, 4) is 0 Å². The fourth-order valence-electron chi connectivity index (χ4n) is 2.23. The van der Waals surface area contributed by atoms with Crippen LogP contribution in [-0.4, -0.2) is 64.3 Å². The molecule has 1 fully saturated rings. The zero-order valence-corrected chi connectivity index (χ0v) is 12.3. The fraction of sp³-hybridized carbons (Fsp3) is 0.846. The first kappa shape index (κ1) is 15.8. The number of carboxylic acids is 1. The van der Waals surface area contributed by atoms with Gasteiger partial charge in [0.25, 0.3) is 0 Å². The molecule has 1 aliphatic heterocycles. The Balaban J connectivity index is 2.84. The van der Waals surface area contributed by atoms with E-state index < -0.39 is 11.5 Å². The van der Waals surface area contributed by atoms with E-state index in [0.717, 1.165) is 0 Å². The summed E-state index contributed by atoms with van der Waals surface area (Å²) >= 11 is 0. The lowest BCUT2D eigenvalue weighted by atomic mass is 10.1. The molecule has 6 heteroatoms. The minimum Gasteiger partial charge on any atom is -0.480 e. The smallest absolute Gasteiger partial charge is 0.323 e. The summed E-state index contributed by atoms with van der Waals surface area (Å²) in [7, 11) is 0. The minimum absolute atomic E-state index is 0.0284. The number of nitrogens with zero attached hydrogens (tertiary/aromatic N) is 2. The molecule has 6 nitrogen and oxygen atoms in total. The van der Waals surface area contributed by atoms with Gasteiger partial charge in [-0.25, -0.2) is 4.79 Å². The van der Waals surface area contributed by atoms with Gasteiger partial charge in [0.05, 0.1) is 12.2 Å². The van der Waals surface area contributed by atoms with Crippen molar-refractivity contribution >= 4 is 12.0 Å². The summed E-state index contributed by atoms with van der Waals surface area (Å²) in [5, 5.41) is 8.96. The first-order chi connectivity index (χ1) is 8.61. The molecule has 0 radical (unpaired) electrons. The topological polar surface area (TPSA) is 70.1 Å². The van der Waals surface area contributed by atoms with Gasteiger partial charge < -0.3 is 19.6 Å². The maximum absolute atomic E-state index is 12.5. The van der Waals surface area contributed by atoms with Crippen LogP contribution in [0.25, 0.3) is 0 Å². The predicted molar refractivity (Wildman–Crippen MR) is 71.1 cm³/mol. The van der Waals surface area contributed by atoms with E-state index in [1.807, 2.05) is 34.6 Å². The highest BCUT2D eigenvalue weighted by molar-refractivity contribution is 5.81. The van der Waals surface area contributed by atoms with E-state index in [2.05, 4.69) is 0 Å². The van der Waals surface area contributed by atoms with E-state index >= 15 is 0 Å². The Labute approximate surface area is 114 Å². The van der Waals surface area contributed by atoms with Crippen molar-refractivity contribution in [3.05, 3.63) is 0 Å². The van der Waals surface area contributed by atoms with Gasteiger partial charge in [-0.3, -0.25) is 4.79 Å². The van der Waals surface area contributed by atoms with Gasteiger partial charge in [0.1, 0.15) is 6.54 Å². The van der Waals surface area contributed by atoms with Crippen LogP contribution in [0.3, 0.4) is 0 Å². The molecule has 1 heterocycles.